The van der Waals surface area contributed by atoms with Crippen LogP contribution < -0.4 is 0 Å². The normalized spacial score (nSPS) is 18.9. The highest BCUT2D eigenvalue weighted by atomic mass is 19.2. The number of hydrogen-bond donors (Lipinski definition) is 0. The first-order valence-electron chi connectivity index (χ1n) is 10.2. The Balaban J connectivity index is 1.45. The molecule has 4 rings (SSSR count). The minimum atomic E-state index is -0.894. The predicted octanol–water partition coefficient (Wildman–Crippen LogP) is 5.66. The van der Waals surface area contributed by atoms with E-state index in [4.69, 9.17) is 14.2 Å². The van der Waals surface area contributed by atoms with Gasteiger partial charge in [0, 0.05) is 10.9 Å². The summed E-state index contributed by atoms with van der Waals surface area (Å²) in [5.74, 6) is -2.09. The number of halogens is 3. The lowest BCUT2D eigenvalue weighted by Crippen LogP contribution is -2.33. The van der Waals surface area contributed by atoms with Crippen molar-refractivity contribution in [3.63, 3.8) is 0 Å². The molecule has 0 aliphatic carbocycles. The first kappa shape index (κ1) is 21.6. The van der Waals surface area contributed by atoms with Crippen LogP contribution in [0, 0.1) is 17.5 Å². The van der Waals surface area contributed by atoms with E-state index in [1.165, 1.54) is 6.07 Å². The highest BCUT2D eigenvalue weighted by molar-refractivity contribution is 5.84. The molecule has 3 aromatic rings. The number of hydrogen-bond acceptors (Lipinski definition) is 3. The van der Waals surface area contributed by atoms with E-state index in [0.29, 0.717) is 49.2 Å². The van der Waals surface area contributed by atoms with Gasteiger partial charge in [-0.05, 0) is 47.6 Å². The summed E-state index contributed by atoms with van der Waals surface area (Å²) in [6.45, 7) is 4.88. The van der Waals surface area contributed by atoms with Gasteiger partial charge in [-0.1, -0.05) is 36.4 Å². The SMILES string of the molecule is C=CCOC1COC(c2ccc3c(F)c(CCc4ccc(F)c(F)c4)ccc3c2)OC1. The fraction of sp³-hybridized carbons (Fsp3) is 0.280. The molecule has 3 nitrogen and oxygen atoms in total. The summed E-state index contributed by atoms with van der Waals surface area (Å²) in [6, 6.07) is 12.7. The maximum atomic E-state index is 15.0. The summed E-state index contributed by atoms with van der Waals surface area (Å²) in [5.41, 5.74) is 1.96. The van der Waals surface area contributed by atoms with Gasteiger partial charge < -0.3 is 14.2 Å². The van der Waals surface area contributed by atoms with Crippen molar-refractivity contribution in [2.45, 2.75) is 25.2 Å². The average Bonchev–Trinajstić information content (AvgIpc) is 2.79. The summed E-state index contributed by atoms with van der Waals surface area (Å²) in [6.07, 6.45) is 1.82. The van der Waals surface area contributed by atoms with E-state index in [9.17, 15) is 8.78 Å². The van der Waals surface area contributed by atoms with Crippen LogP contribution in [0.1, 0.15) is 23.0 Å². The van der Waals surface area contributed by atoms with Crippen molar-refractivity contribution in [3.8, 4) is 0 Å². The molecule has 162 valence electrons. The van der Waals surface area contributed by atoms with Crippen molar-refractivity contribution in [3.05, 3.63) is 95.3 Å². The third-order valence-corrected chi connectivity index (χ3v) is 5.31. The molecule has 31 heavy (non-hydrogen) atoms. The van der Waals surface area contributed by atoms with Crippen molar-refractivity contribution in [2.75, 3.05) is 19.8 Å². The molecule has 0 N–H and O–H groups in total. The van der Waals surface area contributed by atoms with Crippen LogP contribution in [0.4, 0.5) is 13.2 Å². The van der Waals surface area contributed by atoms with E-state index in [1.54, 1.807) is 24.3 Å². The van der Waals surface area contributed by atoms with Crippen molar-refractivity contribution in [1.29, 1.82) is 0 Å². The van der Waals surface area contributed by atoms with E-state index >= 15 is 4.39 Å². The van der Waals surface area contributed by atoms with Gasteiger partial charge in [0.2, 0.25) is 0 Å². The van der Waals surface area contributed by atoms with Crippen molar-refractivity contribution in [1.82, 2.24) is 0 Å². The molecule has 1 aliphatic heterocycles. The monoisotopic (exact) mass is 428 g/mol. The Morgan fingerprint density at radius 3 is 2.48 bits per heavy atom. The zero-order valence-corrected chi connectivity index (χ0v) is 17.0. The van der Waals surface area contributed by atoms with Gasteiger partial charge in [-0.3, -0.25) is 0 Å². The average molecular weight is 428 g/mol. The number of fused-ring (bicyclic) bond motifs is 1. The van der Waals surface area contributed by atoms with Gasteiger partial charge in [0.15, 0.2) is 17.9 Å². The Morgan fingerprint density at radius 2 is 1.74 bits per heavy atom. The molecule has 0 saturated carbocycles. The van der Waals surface area contributed by atoms with Crippen LogP contribution in [0.3, 0.4) is 0 Å². The second-order valence-corrected chi connectivity index (χ2v) is 7.51. The molecule has 0 radical (unpaired) electrons. The molecule has 1 heterocycles. The largest absolute Gasteiger partial charge is 0.369 e. The molecule has 1 saturated heterocycles. The number of benzene rings is 3. The molecule has 0 aromatic heterocycles. The predicted molar refractivity (Wildman–Crippen MR) is 112 cm³/mol. The van der Waals surface area contributed by atoms with Crippen LogP contribution in [0.25, 0.3) is 10.8 Å². The Bertz CT molecular complexity index is 1080. The van der Waals surface area contributed by atoms with Gasteiger partial charge in [-0.15, -0.1) is 6.58 Å². The van der Waals surface area contributed by atoms with Gasteiger partial charge in [-0.25, -0.2) is 13.2 Å². The highest BCUT2D eigenvalue weighted by Crippen LogP contribution is 2.29. The van der Waals surface area contributed by atoms with Crippen LogP contribution in [0.15, 0.2) is 61.2 Å². The summed E-state index contributed by atoms with van der Waals surface area (Å²) < 4.78 is 58.5. The van der Waals surface area contributed by atoms with E-state index in [-0.39, 0.29) is 11.9 Å². The standard InChI is InChI=1S/C25H23F3O3/c1-2-11-29-20-14-30-25(31-15-20)19-8-9-21-18(13-19)7-6-17(24(21)28)5-3-16-4-10-22(26)23(27)12-16/h2,4,6-10,12-13,20,25H,1,3,5,11,14-15H2. The maximum absolute atomic E-state index is 15.0. The second-order valence-electron chi connectivity index (χ2n) is 7.51. The highest BCUT2D eigenvalue weighted by Gasteiger charge is 2.24. The number of rotatable bonds is 7. The lowest BCUT2D eigenvalue weighted by Gasteiger charge is -2.29. The molecule has 1 fully saturated rings. The zero-order chi connectivity index (χ0) is 21.8. The number of ether oxygens (including phenoxy) is 3. The van der Waals surface area contributed by atoms with E-state index in [1.807, 2.05) is 12.1 Å². The minimum absolute atomic E-state index is 0.135. The molecular weight excluding hydrogens is 405 g/mol. The van der Waals surface area contributed by atoms with Crippen molar-refractivity contribution in [2.24, 2.45) is 0 Å². The van der Waals surface area contributed by atoms with Gasteiger partial charge in [-0.2, -0.15) is 0 Å². The van der Waals surface area contributed by atoms with Crippen LogP contribution in [0.2, 0.25) is 0 Å². The Morgan fingerprint density at radius 1 is 0.935 bits per heavy atom. The summed E-state index contributed by atoms with van der Waals surface area (Å²) in [7, 11) is 0. The molecule has 1 aliphatic rings. The van der Waals surface area contributed by atoms with Crippen molar-refractivity contribution < 1.29 is 27.4 Å². The lowest BCUT2D eigenvalue weighted by atomic mass is 9.99. The molecule has 0 unspecified atom stereocenters. The molecule has 3 aromatic carbocycles. The first-order valence-corrected chi connectivity index (χ1v) is 10.2. The fourth-order valence-electron chi connectivity index (χ4n) is 3.65. The maximum Gasteiger partial charge on any atom is 0.184 e. The molecule has 0 atom stereocenters. The molecule has 0 bridgehead atoms. The third-order valence-electron chi connectivity index (χ3n) is 5.31. The molecule has 6 heteroatoms. The first-order chi connectivity index (χ1) is 15.0. The fourth-order valence-corrected chi connectivity index (χ4v) is 3.65. The van der Waals surface area contributed by atoms with Crippen LogP contribution >= 0.6 is 0 Å². The summed E-state index contributed by atoms with van der Waals surface area (Å²) in [5, 5.41) is 1.23. The van der Waals surface area contributed by atoms with Gasteiger partial charge in [0.25, 0.3) is 0 Å². The minimum Gasteiger partial charge on any atom is -0.369 e. The molecular formula is C25H23F3O3. The van der Waals surface area contributed by atoms with Crippen LogP contribution in [0.5, 0.6) is 0 Å². The van der Waals surface area contributed by atoms with Crippen molar-refractivity contribution >= 4 is 10.8 Å². The Hall–Kier alpha value is -2.67. The zero-order valence-electron chi connectivity index (χ0n) is 17.0. The van der Waals surface area contributed by atoms with Gasteiger partial charge in [0.05, 0.1) is 19.8 Å². The smallest absolute Gasteiger partial charge is 0.184 e. The topological polar surface area (TPSA) is 27.7 Å². The second kappa shape index (κ2) is 9.64. The quantitative estimate of drug-likeness (QED) is 0.455. The number of aryl methyl sites for hydroxylation is 2. The molecule has 0 amide bonds. The third kappa shape index (κ3) is 4.98. The van der Waals surface area contributed by atoms with E-state index in [0.717, 1.165) is 23.1 Å². The Kier molecular flexibility index (Phi) is 6.70. The van der Waals surface area contributed by atoms with Crippen LogP contribution in [-0.4, -0.2) is 25.9 Å². The van der Waals surface area contributed by atoms with E-state index < -0.39 is 17.9 Å². The summed E-state index contributed by atoms with van der Waals surface area (Å²) >= 11 is 0. The lowest BCUT2D eigenvalue weighted by molar-refractivity contribution is -0.228. The van der Waals surface area contributed by atoms with Gasteiger partial charge >= 0.3 is 0 Å². The molecule has 0 spiro atoms. The van der Waals surface area contributed by atoms with Crippen LogP contribution in [-0.2, 0) is 27.1 Å². The van der Waals surface area contributed by atoms with Gasteiger partial charge in [0.1, 0.15) is 11.9 Å². The van der Waals surface area contributed by atoms with E-state index in [2.05, 4.69) is 6.58 Å². The summed E-state index contributed by atoms with van der Waals surface area (Å²) in [4.78, 5) is 0. The Labute approximate surface area is 179 Å².